The van der Waals surface area contributed by atoms with Crippen LogP contribution in [0.3, 0.4) is 0 Å². The third-order valence-corrected chi connectivity index (χ3v) is 0.791. The summed E-state index contributed by atoms with van der Waals surface area (Å²) in [5.74, 6) is -1.09. The molecule has 6 heteroatoms. The van der Waals surface area contributed by atoms with Crippen LogP contribution in [0.25, 0.3) is 0 Å². The molecule has 3 nitrogen and oxygen atoms in total. The van der Waals surface area contributed by atoms with Crippen LogP contribution in [-0.4, -0.2) is 10.4 Å². The van der Waals surface area contributed by atoms with Crippen LogP contribution in [0.5, 0.6) is 0 Å². The van der Waals surface area contributed by atoms with Crippen molar-refractivity contribution < 1.29 is 9.08 Å². The fourth-order valence-corrected chi connectivity index (χ4v) is 0.329. The first-order valence-corrected chi connectivity index (χ1v) is 2.54. The van der Waals surface area contributed by atoms with Crippen molar-refractivity contribution in [3.63, 3.8) is 0 Å². The van der Waals surface area contributed by atoms with E-state index in [-0.39, 0.29) is 0 Å². The predicted molar refractivity (Wildman–Crippen MR) is 30.6 cm³/mol. The van der Waals surface area contributed by atoms with Crippen LogP contribution in [-0.2, 0) is 9.08 Å². The van der Waals surface area contributed by atoms with Crippen molar-refractivity contribution in [2.75, 3.05) is 0 Å². The molecule has 0 saturated carbocycles. The third kappa shape index (κ3) is 2.57. The molecule has 48 valence electrons. The van der Waals surface area contributed by atoms with E-state index in [1.54, 1.807) is 0 Å². The molecule has 0 aromatic carbocycles. The van der Waals surface area contributed by atoms with Gasteiger partial charge in [0, 0.05) is 0 Å². The third-order valence-electron chi connectivity index (χ3n) is 0.342. The molecule has 0 aromatic rings. The van der Waals surface area contributed by atoms with Gasteiger partial charge in [-0.1, -0.05) is 23.2 Å². The zero-order chi connectivity index (χ0) is 6.78. The van der Waals surface area contributed by atoms with E-state index in [4.69, 9.17) is 28.9 Å². The minimum Gasteiger partial charge on any atom is -0.343 e. The molecule has 0 radical (unpaired) electrons. The Kier molecular flexibility index (Phi) is 2.83. The van der Waals surface area contributed by atoms with Crippen LogP contribution in [0, 0.1) is 0 Å². The van der Waals surface area contributed by atoms with Gasteiger partial charge in [0.25, 0.3) is 4.46 Å². The Balaban J connectivity index is 3.82. The maximum Gasteiger partial charge on any atom is 0.375 e. The van der Waals surface area contributed by atoms with Gasteiger partial charge in [0.2, 0.25) is 0 Å². The highest BCUT2D eigenvalue weighted by molar-refractivity contribution is 6.57. The first kappa shape index (κ1) is 8.30. The molecule has 8 heavy (non-hydrogen) atoms. The Hall–Kier alpha value is 0.300. The van der Waals surface area contributed by atoms with E-state index in [1.165, 1.54) is 0 Å². The molecule has 0 fully saturated rings. The van der Waals surface area contributed by atoms with Gasteiger partial charge in [-0.05, 0) is 0 Å². The van der Waals surface area contributed by atoms with Gasteiger partial charge in [-0.2, -0.15) is 0 Å². The summed E-state index contributed by atoms with van der Waals surface area (Å²) in [6.45, 7) is 0. The molecule has 0 aliphatic carbocycles. The van der Waals surface area contributed by atoms with Crippen molar-refractivity contribution in [2.24, 2.45) is 5.73 Å². The molecule has 0 aliphatic rings. The average Bonchev–Trinajstić information content (AvgIpc) is 1.62. The van der Waals surface area contributed by atoms with Crippen molar-refractivity contribution in [3.8, 4) is 0 Å². The Morgan fingerprint density at radius 2 is 2.00 bits per heavy atom. The minimum atomic E-state index is -2.04. The number of rotatable bonds is 1. The summed E-state index contributed by atoms with van der Waals surface area (Å²) in [7, 11) is 0. The van der Waals surface area contributed by atoms with E-state index in [0.717, 1.165) is 0 Å². The molecule has 0 heterocycles. The summed E-state index contributed by atoms with van der Waals surface area (Å²) in [6.07, 6.45) is 0. The molecule has 0 bridgehead atoms. The first-order chi connectivity index (χ1) is 3.48. The molecule has 0 atom stereocenters. The number of hydrogen-bond acceptors (Lipinski definition) is 3. The van der Waals surface area contributed by atoms with Crippen molar-refractivity contribution in [1.29, 1.82) is 0 Å². The Morgan fingerprint density at radius 3 is 2.00 bits per heavy atom. The van der Waals surface area contributed by atoms with Crippen molar-refractivity contribution in [3.05, 3.63) is 0 Å². The summed E-state index contributed by atoms with van der Waals surface area (Å²) in [5, 5.41) is 0. The topological polar surface area (TPSA) is 52.3 Å². The van der Waals surface area contributed by atoms with Gasteiger partial charge in [0.1, 0.15) is 11.9 Å². The Labute approximate surface area is 60.8 Å². The second-order valence-electron chi connectivity index (χ2n) is 0.988. The molecule has 0 amide bonds. The van der Waals surface area contributed by atoms with Crippen LogP contribution in [0.2, 0.25) is 0 Å². The normalized spacial score (nSPS) is 11.0. The van der Waals surface area contributed by atoms with Crippen LogP contribution in [0.15, 0.2) is 0 Å². The van der Waals surface area contributed by atoms with Crippen LogP contribution in [0.4, 0.5) is 0 Å². The lowest BCUT2D eigenvalue weighted by Gasteiger charge is -2.05. The molecule has 0 aliphatic heterocycles. The van der Waals surface area contributed by atoms with E-state index in [9.17, 15) is 4.79 Å². The van der Waals surface area contributed by atoms with Gasteiger partial charge < -0.3 is 4.29 Å². The Morgan fingerprint density at radius 1 is 1.62 bits per heavy atom. The van der Waals surface area contributed by atoms with E-state index in [2.05, 4.69) is 16.2 Å². The number of hydrogen-bond donors (Lipinski definition) is 1. The Bertz CT molecular complexity index is 97.9. The van der Waals surface area contributed by atoms with Crippen molar-refractivity contribution >= 4 is 41.0 Å². The number of carbonyl (C=O) groups is 1. The minimum absolute atomic E-state index is 1.09. The molecule has 2 N–H and O–H groups in total. The number of alkyl halides is 2. The van der Waals surface area contributed by atoms with Crippen LogP contribution >= 0.6 is 35.1 Å². The van der Waals surface area contributed by atoms with Crippen LogP contribution < -0.4 is 5.73 Å². The number of carbonyl (C=O) groups excluding carboxylic acids is 1. The molecular weight excluding hydrogens is 176 g/mol. The highest BCUT2D eigenvalue weighted by atomic mass is 35.5. The molecule has 0 unspecified atom stereocenters. The zero-order valence-corrected chi connectivity index (χ0v) is 5.80. The molecule has 0 spiro atoms. The van der Waals surface area contributed by atoms with E-state index < -0.39 is 10.4 Å². The number of nitrogens with two attached hydrogens (primary N) is 1. The van der Waals surface area contributed by atoms with Gasteiger partial charge in [-0.15, -0.1) is 0 Å². The smallest absolute Gasteiger partial charge is 0.343 e. The lowest BCUT2D eigenvalue weighted by Crippen LogP contribution is -2.35. The fourth-order valence-electron chi connectivity index (χ4n) is 0.0514. The molecular formula is C2H2Cl3NO2. The number of halogens is 3. The second-order valence-corrected chi connectivity index (χ2v) is 2.53. The molecule has 0 aromatic heterocycles. The quantitative estimate of drug-likeness (QED) is 0.477. The fraction of sp³-hybridized carbons (Fsp3) is 0.500. The van der Waals surface area contributed by atoms with Crippen molar-refractivity contribution in [2.45, 2.75) is 4.46 Å². The summed E-state index contributed by atoms with van der Waals surface area (Å²) in [4.78, 5) is 10.1. The summed E-state index contributed by atoms with van der Waals surface area (Å²) < 4.78 is 1.52. The average molecular weight is 178 g/mol. The van der Waals surface area contributed by atoms with Gasteiger partial charge in [-0.3, -0.25) is 5.73 Å². The van der Waals surface area contributed by atoms with Gasteiger partial charge in [-0.25, -0.2) is 4.79 Å². The highest BCUT2D eigenvalue weighted by Crippen LogP contribution is 2.14. The molecule has 0 rings (SSSR count). The largest absolute Gasteiger partial charge is 0.375 e. The van der Waals surface area contributed by atoms with Crippen molar-refractivity contribution in [1.82, 2.24) is 0 Å². The SMILES string of the molecule is NC(Cl)(Cl)C(=O)OCl. The summed E-state index contributed by atoms with van der Waals surface area (Å²) in [5.41, 5.74) is 4.76. The van der Waals surface area contributed by atoms with Gasteiger partial charge >= 0.3 is 5.97 Å². The maximum absolute atomic E-state index is 10.1. The summed E-state index contributed by atoms with van der Waals surface area (Å²) >= 11 is 14.5. The van der Waals surface area contributed by atoms with E-state index in [0.29, 0.717) is 0 Å². The predicted octanol–water partition coefficient (Wildman–Crippen LogP) is 0.774. The van der Waals surface area contributed by atoms with Gasteiger partial charge in [0.05, 0.1) is 0 Å². The highest BCUT2D eigenvalue weighted by Gasteiger charge is 2.30. The first-order valence-electron chi connectivity index (χ1n) is 1.48. The monoisotopic (exact) mass is 177 g/mol. The van der Waals surface area contributed by atoms with Gasteiger partial charge in [0.15, 0.2) is 0 Å². The standard InChI is InChI=1S/C2H2Cl3NO2/c3-2(4,6)1(7)8-5/h6H2. The molecule has 0 saturated heterocycles. The second kappa shape index (κ2) is 2.73. The van der Waals surface area contributed by atoms with Crippen LogP contribution in [0.1, 0.15) is 0 Å². The summed E-state index contributed by atoms with van der Waals surface area (Å²) in [6, 6.07) is 0. The zero-order valence-electron chi connectivity index (χ0n) is 3.53. The lowest BCUT2D eigenvalue weighted by atomic mass is 10.7. The lowest BCUT2D eigenvalue weighted by molar-refractivity contribution is -0.134. The maximum atomic E-state index is 10.1. The van der Waals surface area contributed by atoms with E-state index in [1.807, 2.05) is 0 Å². The van der Waals surface area contributed by atoms with E-state index >= 15 is 0 Å².